The van der Waals surface area contributed by atoms with Crippen LogP contribution in [0.4, 0.5) is 0 Å². The Morgan fingerprint density at radius 3 is 1.52 bits per heavy atom. The summed E-state index contributed by atoms with van der Waals surface area (Å²) >= 11 is 0. The number of aliphatic hydroxyl groups is 1. The van der Waals surface area contributed by atoms with Gasteiger partial charge in [-0.3, -0.25) is 14.5 Å². The lowest BCUT2D eigenvalue weighted by molar-refractivity contribution is -0.161. The van der Waals surface area contributed by atoms with Gasteiger partial charge in [-0.2, -0.15) is 0 Å². The van der Waals surface area contributed by atoms with Crippen LogP contribution in [0.2, 0.25) is 0 Å². The van der Waals surface area contributed by atoms with E-state index in [-0.39, 0.29) is 25.7 Å². The van der Waals surface area contributed by atoms with Gasteiger partial charge in [0, 0.05) is 6.04 Å². The second-order valence-electron chi connectivity index (χ2n) is 7.11. The third-order valence-electron chi connectivity index (χ3n) is 2.39. The number of hydrogen-bond acceptors (Lipinski definition) is 6. The maximum atomic E-state index is 11.9. The fourth-order valence-electron chi connectivity index (χ4n) is 1.56. The Balaban J connectivity index is 4.67. The number of aliphatic hydroxyl groups excluding tert-OH is 1. The van der Waals surface area contributed by atoms with E-state index in [1.165, 1.54) is 0 Å². The number of ether oxygens (including phenoxy) is 2. The van der Waals surface area contributed by atoms with Gasteiger partial charge in [-0.15, -0.1) is 0 Å². The van der Waals surface area contributed by atoms with Crippen molar-refractivity contribution in [3.63, 3.8) is 0 Å². The van der Waals surface area contributed by atoms with Gasteiger partial charge in [-0.25, -0.2) is 0 Å². The smallest absolute Gasteiger partial charge is 0.320 e. The first-order valence-corrected chi connectivity index (χ1v) is 7.12. The van der Waals surface area contributed by atoms with Crippen LogP contribution in [0.15, 0.2) is 0 Å². The third-order valence-corrected chi connectivity index (χ3v) is 2.39. The Labute approximate surface area is 127 Å². The molecule has 124 valence electrons. The van der Waals surface area contributed by atoms with Gasteiger partial charge in [0.1, 0.15) is 11.2 Å². The first-order valence-electron chi connectivity index (χ1n) is 7.12. The maximum absolute atomic E-state index is 11.9. The van der Waals surface area contributed by atoms with Gasteiger partial charge in [0.25, 0.3) is 0 Å². The van der Waals surface area contributed by atoms with Gasteiger partial charge in [0.15, 0.2) is 0 Å². The zero-order valence-corrected chi connectivity index (χ0v) is 14.2. The summed E-state index contributed by atoms with van der Waals surface area (Å²) in [5.74, 6) is -0.877. The molecule has 0 heterocycles. The number of nitrogens with zero attached hydrogens (tertiary/aromatic N) is 1. The first-order chi connectivity index (χ1) is 9.34. The minimum atomic E-state index is -0.586. The molecule has 0 bridgehead atoms. The standard InChI is InChI=1S/C15H29NO5/c1-11(10-17)16(8-12(18)20-14(2,3)4)9-13(19)21-15(5,6)7/h11,17H,8-10H2,1-7H3/t11-/m0/s1. The fraction of sp³-hybridized carbons (Fsp3) is 0.867. The summed E-state index contributed by atoms with van der Waals surface area (Å²) in [5, 5.41) is 9.25. The van der Waals surface area contributed by atoms with Crippen molar-refractivity contribution in [2.75, 3.05) is 19.7 Å². The van der Waals surface area contributed by atoms with Crippen LogP contribution in [-0.4, -0.2) is 58.9 Å². The number of carbonyl (C=O) groups is 2. The minimum absolute atomic E-state index is 0.0712. The van der Waals surface area contributed by atoms with Gasteiger partial charge < -0.3 is 14.6 Å². The molecular weight excluding hydrogens is 274 g/mol. The molecule has 0 saturated heterocycles. The van der Waals surface area contributed by atoms with Crippen molar-refractivity contribution < 1.29 is 24.2 Å². The molecule has 6 heteroatoms. The Morgan fingerprint density at radius 2 is 1.29 bits per heavy atom. The molecule has 6 nitrogen and oxygen atoms in total. The SMILES string of the molecule is C[C@@H](CO)N(CC(=O)OC(C)(C)C)CC(=O)OC(C)(C)C. The minimum Gasteiger partial charge on any atom is -0.459 e. The first kappa shape index (κ1) is 19.9. The second kappa shape index (κ2) is 7.75. The molecule has 0 aliphatic heterocycles. The van der Waals surface area contributed by atoms with E-state index in [1.54, 1.807) is 53.4 Å². The summed E-state index contributed by atoms with van der Waals surface area (Å²) in [5.41, 5.74) is -1.17. The molecule has 1 N–H and O–H groups in total. The van der Waals surface area contributed by atoms with Crippen molar-refractivity contribution in [2.24, 2.45) is 0 Å². The molecule has 0 amide bonds. The molecule has 0 spiro atoms. The van der Waals surface area contributed by atoms with Crippen LogP contribution in [0.3, 0.4) is 0 Å². The van der Waals surface area contributed by atoms with Crippen LogP contribution < -0.4 is 0 Å². The highest BCUT2D eigenvalue weighted by atomic mass is 16.6. The lowest BCUT2D eigenvalue weighted by atomic mass is 10.2. The summed E-state index contributed by atoms with van der Waals surface area (Å²) in [6, 6.07) is -0.343. The van der Waals surface area contributed by atoms with E-state index in [0.29, 0.717) is 0 Å². The summed E-state index contributed by atoms with van der Waals surface area (Å²) in [4.78, 5) is 25.3. The molecule has 0 aliphatic carbocycles. The lowest BCUT2D eigenvalue weighted by Crippen LogP contribution is -2.45. The molecule has 0 rings (SSSR count). The van der Waals surface area contributed by atoms with E-state index in [4.69, 9.17) is 9.47 Å². The largest absolute Gasteiger partial charge is 0.459 e. The Kier molecular flexibility index (Phi) is 7.33. The van der Waals surface area contributed by atoms with Gasteiger partial charge in [0.05, 0.1) is 19.7 Å². The molecule has 0 aliphatic rings. The molecule has 0 aromatic rings. The molecule has 0 aromatic heterocycles. The highest BCUT2D eigenvalue weighted by Crippen LogP contribution is 2.11. The highest BCUT2D eigenvalue weighted by Gasteiger charge is 2.25. The van der Waals surface area contributed by atoms with E-state index in [1.807, 2.05) is 0 Å². The van der Waals surface area contributed by atoms with Crippen molar-refractivity contribution in [2.45, 2.75) is 65.7 Å². The Morgan fingerprint density at radius 1 is 0.952 bits per heavy atom. The average Bonchev–Trinajstić information content (AvgIpc) is 2.21. The van der Waals surface area contributed by atoms with Gasteiger partial charge in [0.2, 0.25) is 0 Å². The highest BCUT2D eigenvalue weighted by molar-refractivity contribution is 5.75. The van der Waals surface area contributed by atoms with Crippen LogP contribution in [0.1, 0.15) is 48.5 Å². The summed E-state index contributed by atoms with van der Waals surface area (Å²) in [6.45, 7) is 12.1. The van der Waals surface area contributed by atoms with Crippen LogP contribution in [0, 0.1) is 0 Å². The molecule has 0 radical (unpaired) electrons. The van der Waals surface area contributed by atoms with Crippen LogP contribution in [-0.2, 0) is 19.1 Å². The third kappa shape index (κ3) is 10.3. The zero-order valence-electron chi connectivity index (χ0n) is 14.2. The molecule has 0 aromatic carbocycles. The maximum Gasteiger partial charge on any atom is 0.320 e. The topological polar surface area (TPSA) is 76.1 Å². The van der Waals surface area contributed by atoms with Gasteiger partial charge in [-0.1, -0.05) is 0 Å². The number of esters is 2. The van der Waals surface area contributed by atoms with E-state index in [9.17, 15) is 14.7 Å². The normalized spacial score (nSPS) is 14.0. The fourth-order valence-corrected chi connectivity index (χ4v) is 1.56. The molecule has 21 heavy (non-hydrogen) atoms. The summed E-state index contributed by atoms with van der Waals surface area (Å²) < 4.78 is 10.5. The molecule has 0 saturated carbocycles. The van der Waals surface area contributed by atoms with Crippen molar-refractivity contribution >= 4 is 11.9 Å². The Bertz CT molecular complexity index is 324. The quantitative estimate of drug-likeness (QED) is 0.747. The number of hydrogen-bond donors (Lipinski definition) is 1. The van der Waals surface area contributed by atoms with E-state index in [2.05, 4.69) is 0 Å². The Hall–Kier alpha value is -1.14. The molecule has 1 atom stereocenters. The van der Waals surface area contributed by atoms with Gasteiger partial charge >= 0.3 is 11.9 Å². The predicted molar refractivity (Wildman–Crippen MR) is 79.8 cm³/mol. The number of rotatable bonds is 6. The van der Waals surface area contributed by atoms with Crippen LogP contribution >= 0.6 is 0 Å². The monoisotopic (exact) mass is 303 g/mol. The van der Waals surface area contributed by atoms with E-state index < -0.39 is 23.1 Å². The van der Waals surface area contributed by atoms with E-state index >= 15 is 0 Å². The van der Waals surface area contributed by atoms with E-state index in [0.717, 1.165) is 0 Å². The molecule has 0 fully saturated rings. The van der Waals surface area contributed by atoms with Crippen molar-refractivity contribution in [1.82, 2.24) is 4.90 Å². The van der Waals surface area contributed by atoms with Gasteiger partial charge in [-0.05, 0) is 48.5 Å². The predicted octanol–water partition coefficient (Wildman–Crippen LogP) is 1.35. The van der Waals surface area contributed by atoms with Crippen LogP contribution in [0.5, 0.6) is 0 Å². The molecule has 0 unspecified atom stereocenters. The number of carbonyl (C=O) groups excluding carboxylic acids is 2. The van der Waals surface area contributed by atoms with Crippen LogP contribution in [0.25, 0.3) is 0 Å². The second-order valence-corrected chi connectivity index (χ2v) is 7.11. The van der Waals surface area contributed by atoms with Crippen molar-refractivity contribution in [3.8, 4) is 0 Å². The summed E-state index contributed by atoms with van der Waals surface area (Å²) in [7, 11) is 0. The average molecular weight is 303 g/mol. The molecular formula is C15H29NO5. The van der Waals surface area contributed by atoms with Crippen molar-refractivity contribution in [3.05, 3.63) is 0 Å². The summed E-state index contributed by atoms with van der Waals surface area (Å²) in [6.07, 6.45) is 0. The zero-order chi connectivity index (χ0) is 16.8. The van der Waals surface area contributed by atoms with Crippen molar-refractivity contribution in [1.29, 1.82) is 0 Å². The lowest BCUT2D eigenvalue weighted by Gasteiger charge is -2.29.